The van der Waals surface area contributed by atoms with Gasteiger partial charge in [-0.1, -0.05) is 39.0 Å². The summed E-state index contributed by atoms with van der Waals surface area (Å²) in [5.74, 6) is 0. The molecule has 0 bridgehead atoms. The summed E-state index contributed by atoms with van der Waals surface area (Å²) in [5.41, 5.74) is 3.11. The molecule has 1 atom stereocenters. The Morgan fingerprint density at radius 3 is 2.44 bits per heavy atom. The molecular weight excluding hydrogens is 220 g/mol. The Balaban J connectivity index is 1.90. The van der Waals surface area contributed by atoms with Gasteiger partial charge in [0.1, 0.15) is 0 Å². The molecule has 2 nitrogen and oxygen atoms in total. The van der Waals surface area contributed by atoms with Crippen LogP contribution in [0.2, 0.25) is 0 Å². The topological polar surface area (TPSA) is 24.1 Å². The number of benzene rings is 1. The molecule has 0 amide bonds. The average Bonchev–Trinajstić information content (AvgIpc) is 2.84. The smallest absolute Gasteiger partial charge is 0.0427 e. The summed E-state index contributed by atoms with van der Waals surface area (Å²) in [5, 5.41) is 7.41. The van der Waals surface area contributed by atoms with Gasteiger partial charge < -0.3 is 10.6 Å². The molecule has 0 radical (unpaired) electrons. The highest BCUT2D eigenvalue weighted by atomic mass is 15.0. The second-order valence-electron chi connectivity index (χ2n) is 5.42. The number of hydrogen-bond donors (Lipinski definition) is 2. The SMILES string of the molecule is CCC(CC)(CC)NCC1Cc2ccccc2N1. The summed E-state index contributed by atoms with van der Waals surface area (Å²) >= 11 is 0. The Morgan fingerprint density at radius 1 is 1.17 bits per heavy atom. The Labute approximate surface area is 111 Å². The monoisotopic (exact) mass is 246 g/mol. The maximum absolute atomic E-state index is 3.80. The Hall–Kier alpha value is -1.02. The summed E-state index contributed by atoms with van der Waals surface area (Å²) in [7, 11) is 0. The van der Waals surface area contributed by atoms with Gasteiger partial charge in [0.2, 0.25) is 0 Å². The van der Waals surface area contributed by atoms with Crippen molar-refractivity contribution in [2.75, 3.05) is 11.9 Å². The second kappa shape index (κ2) is 5.75. The van der Waals surface area contributed by atoms with Gasteiger partial charge in [-0.25, -0.2) is 0 Å². The molecule has 2 rings (SSSR count). The Kier molecular flexibility index (Phi) is 4.28. The largest absolute Gasteiger partial charge is 0.380 e. The molecule has 1 aliphatic rings. The number of anilines is 1. The highest BCUT2D eigenvalue weighted by molar-refractivity contribution is 5.56. The van der Waals surface area contributed by atoms with E-state index in [1.165, 1.54) is 30.5 Å². The van der Waals surface area contributed by atoms with Crippen LogP contribution in [-0.4, -0.2) is 18.1 Å². The molecule has 0 fully saturated rings. The molecule has 2 heteroatoms. The predicted octanol–water partition coefficient (Wildman–Crippen LogP) is 3.58. The van der Waals surface area contributed by atoms with Gasteiger partial charge in [-0.15, -0.1) is 0 Å². The van der Waals surface area contributed by atoms with E-state index in [1.807, 2.05) is 0 Å². The van der Waals surface area contributed by atoms with E-state index in [2.05, 4.69) is 55.7 Å². The molecule has 0 aliphatic carbocycles. The van der Waals surface area contributed by atoms with E-state index in [1.54, 1.807) is 0 Å². The number of nitrogens with one attached hydrogen (secondary N) is 2. The van der Waals surface area contributed by atoms with Crippen molar-refractivity contribution in [1.29, 1.82) is 0 Å². The van der Waals surface area contributed by atoms with Gasteiger partial charge in [-0.05, 0) is 37.3 Å². The first kappa shape index (κ1) is 13.4. The third-order valence-corrected chi connectivity index (χ3v) is 4.60. The van der Waals surface area contributed by atoms with Crippen molar-refractivity contribution in [3.63, 3.8) is 0 Å². The zero-order valence-corrected chi connectivity index (χ0v) is 11.9. The molecule has 1 aromatic rings. The van der Waals surface area contributed by atoms with E-state index in [0.717, 1.165) is 13.0 Å². The minimum Gasteiger partial charge on any atom is -0.380 e. The van der Waals surface area contributed by atoms with Gasteiger partial charge in [-0.2, -0.15) is 0 Å². The highest BCUT2D eigenvalue weighted by Crippen LogP contribution is 2.26. The molecule has 0 saturated carbocycles. The Morgan fingerprint density at radius 2 is 1.83 bits per heavy atom. The molecule has 18 heavy (non-hydrogen) atoms. The van der Waals surface area contributed by atoms with Crippen LogP contribution in [0.25, 0.3) is 0 Å². The normalized spacial score (nSPS) is 18.5. The van der Waals surface area contributed by atoms with E-state index in [-0.39, 0.29) is 0 Å². The molecule has 0 spiro atoms. The maximum Gasteiger partial charge on any atom is 0.0427 e. The first-order valence-electron chi connectivity index (χ1n) is 7.32. The van der Waals surface area contributed by atoms with Gasteiger partial charge >= 0.3 is 0 Å². The molecule has 1 heterocycles. The van der Waals surface area contributed by atoms with Crippen LogP contribution in [0.4, 0.5) is 5.69 Å². The van der Waals surface area contributed by atoms with Crippen LogP contribution in [-0.2, 0) is 6.42 Å². The number of rotatable bonds is 6. The number of fused-ring (bicyclic) bond motifs is 1. The molecule has 0 saturated heterocycles. The average molecular weight is 246 g/mol. The van der Waals surface area contributed by atoms with Crippen LogP contribution >= 0.6 is 0 Å². The van der Waals surface area contributed by atoms with Crippen LogP contribution in [0.3, 0.4) is 0 Å². The zero-order chi connectivity index (χ0) is 13.0. The predicted molar refractivity (Wildman–Crippen MR) is 79.2 cm³/mol. The summed E-state index contributed by atoms with van der Waals surface area (Å²) in [6.07, 6.45) is 4.77. The van der Waals surface area contributed by atoms with E-state index < -0.39 is 0 Å². The van der Waals surface area contributed by atoms with Crippen molar-refractivity contribution in [3.05, 3.63) is 29.8 Å². The maximum atomic E-state index is 3.80. The minimum absolute atomic E-state index is 0.330. The highest BCUT2D eigenvalue weighted by Gasteiger charge is 2.26. The van der Waals surface area contributed by atoms with Crippen molar-refractivity contribution in [2.24, 2.45) is 0 Å². The fraction of sp³-hybridized carbons (Fsp3) is 0.625. The van der Waals surface area contributed by atoms with E-state index in [0.29, 0.717) is 11.6 Å². The third kappa shape index (κ3) is 2.69. The van der Waals surface area contributed by atoms with Crippen LogP contribution in [0.5, 0.6) is 0 Å². The molecule has 1 aliphatic heterocycles. The first-order chi connectivity index (χ1) is 8.73. The van der Waals surface area contributed by atoms with Crippen LogP contribution in [0.1, 0.15) is 45.6 Å². The summed E-state index contributed by atoms with van der Waals surface area (Å²) in [6.45, 7) is 7.93. The second-order valence-corrected chi connectivity index (χ2v) is 5.42. The zero-order valence-electron chi connectivity index (χ0n) is 11.9. The van der Waals surface area contributed by atoms with Crippen molar-refractivity contribution in [1.82, 2.24) is 5.32 Å². The lowest BCUT2D eigenvalue weighted by Gasteiger charge is -2.33. The van der Waals surface area contributed by atoms with E-state index >= 15 is 0 Å². The molecule has 1 unspecified atom stereocenters. The summed E-state index contributed by atoms with van der Waals surface area (Å²) in [6, 6.07) is 9.20. The van der Waals surface area contributed by atoms with Crippen LogP contribution < -0.4 is 10.6 Å². The van der Waals surface area contributed by atoms with E-state index in [4.69, 9.17) is 0 Å². The third-order valence-electron chi connectivity index (χ3n) is 4.60. The summed E-state index contributed by atoms with van der Waals surface area (Å²) in [4.78, 5) is 0. The Bertz CT molecular complexity index is 349. The lowest BCUT2D eigenvalue weighted by atomic mass is 9.89. The fourth-order valence-corrected chi connectivity index (χ4v) is 2.96. The molecule has 100 valence electrons. The minimum atomic E-state index is 0.330. The van der Waals surface area contributed by atoms with Crippen LogP contribution in [0, 0.1) is 0 Å². The van der Waals surface area contributed by atoms with Gasteiger partial charge in [0, 0.05) is 23.8 Å². The van der Waals surface area contributed by atoms with Crippen molar-refractivity contribution < 1.29 is 0 Å². The van der Waals surface area contributed by atoms with Gasteiger partial charge in [0.15, 0.2) is 0 Å². The van der Waals surface area contributed by atoms with E-state index in [9.17, 15) is 0 Å². The molecule has 1 aromatic carbocycles. The number of hydrogen-bond acceptors (Lipinski definition) is 2. The lowest BCUT2D eigenvalue weighted by molar-refractivity contribution is 0.286. The summed E-state index contributed by atoms with van der Waals surface area (Å²) < 4.78 is 0. The van der Waals surface area contributed by atoms with Gasteiger partial charge in [-0.3, -0.25) is 0 Å². The molecule has 2 N–H and O–H groups in total. The van der Waals surface area contributed by atoms with Crippen LogP contribution in [0.15, 0.2) is 24.3 Å². The fourth-order valence-electron chi connectivity index (χ4n) is 2.96. The quantitative estimate of drug-likeness (QED) is 0.801. The first-order valence-corrected chi connectivity index (χ1v) is 7.32. The molecule has 0 aromatic heterocycles. The lowest BCUT2D eigenvalue weighted by Crippen LogP contribution is -2.48. The van der Waals surface area contributed by atoms with Crippen molar-refractivity contribution >= 4 is 5.69 Å². The van der Waals surface area contributed by atoms with Crippen molar-refractivity contribution in [2.45, 2.75) is 58.0 Å². The van der Waals surface area contributed by atoms with Crippen molar-refractivity contribution in [3.8, 4) is 0 Å². The number of para-hydroxylation sites is 1. The van der Waals surface area contributed by atoms with Gasteiger partial charge in [0.25, 0.3) is 0 Å². The van der Waals surface area contributed by atoms with Gasteiger partial charge in [0.05, 0.1) is 0 Å². The molecular formula is C16H26N2. The standard InChI is InChI=1S/C16H26N2/c1-4-16(5-2,6-3)17-12-14-11-13-9-7-8-10-15(13)18-14/h7-10,14,17-18H,4-6,11-12H2,1-3H3.